The second kappa shape index (κ2) is 9.50. The number of likely N-dealkylation sites (tertiary alicyclic amines) is 1. The molecule has 1 saturated heterocycles. The highest BCUT2D eigenvalue weighted by atomic mass is 19.1. The first-order valence-corrected chi connectivity index (χ1v) is 9.29. The molecular weight excluding hydrogens is 366 g/mol. The fraction of sp³-hybridized carbons (Fsp3) is 0.381. The van der Waals surface area contributed by atoms with Crippen LogP contribution < -0.4 is 14.8 Å². The third kappa shape index (κ3) is 5.19. The van der Waals surface area contributed by atoms with Crippen LogP contribution in [0, 0.1) is 11.6 Å². The average molecular weight is 390 g/mol. The zero-order valence-electron chi connectivity index (χ0n) is 15.8. The molecule has 1 aliphatic rings. The molecule has 2 aromatic carbocycles. The van der Waals surface area contributed by atoms with Gasteiger partial charge in [-0.15, -0.1) is 0 Å². The summed E-state index contributed by atoms with van der Waals surface area (Å²) in [6, 6.07) is 10.8. The van der Waals surface area contributed by atoms with E-state index in [9.17, 15) is 13.6 Å². The van der Waals surface area contributed by atoms with Crippen molar-refractivity contribution in [3.8, 4) is 11.5 Å². The minimum Gasteiger partial charge on any atom is -0.497 e. The summed E-state index contributed by atoms with van der Waals surface area (Å²) in [6.45, 7) is 2.00. The smallest absolute Gasteiger partial charge is 0.258 e. The Hall–Kier alpha value is -2.67. The molecule has 1 heterocycles. The first kappa shape index (κ1) is 20.1. The van der Waals surface area contributed by atoms with E-state index in [0.717, 1.165) is 49.4 Å². The summed E-state index contributed by atoms with van der Waals surface area (Å²) in [7, 11) is 1.62. The number of ether oxygens (including phenoxy) is 2. The topological polar surface area (TPSA) is 50.8 Å². The van der Waals surface area contributed by atoms with Crippen molar-refractivity contribution >= 4 is 5.91 Å². The lowest BCUT2D eigenvalue weighted by Gasteiger charge is -2.28. The number of methoxy groups -OCH3 is 1. The van der Waals surface area contributed by atoms with Gasteiger partial charge in [0.15, 0.2) is 18.2 Å². The molecule has 0 spiro atoms. The van der Waals surface area contributed by atoms with E-state index in [1.165, 1.54) is 6.07 Å². The van der Waals surface area contributed by atoms with Gasteiger partial charge in [0.05, 0.1) is 13.2 Å². The number of amides is 1. The summed E-state index contributed by atoms with van der Waals surface area (Å²) in [4.78, 5) is 14.5. The zero-order valence-corrected chi connectivity index (χ0v) is 15.8. The minimum atomic E-state index is -0.834. The summed E-state index contributed by atoms with van der Waals surface area (Å²) >= 11 is 0. The number of hydrogen-bond donors (Lipinski definition) is 1. The van der Waals surface area contributed by atoms with Crippen molar-refractivity contribution in [2.45, 2.75) is 18.9 Å². The molecule has 1 fully saturated rings. The highest BCUT2D eigenvalue weighted by molar-refractivity contribution is 5.77. The number of nitrogens with zero attached hydrogens (tertiary/aromatic N) is 1. The molecule has 1 aliphatic heterocycles. The van der Waals surface area contributed by atoms with Crippen molar-refractivity contribution in [3.63, 3.8) is 0 Å². The van der Waals surface area contributed by atoms with Crippen LogP contribution in [0.15, 0.2) is 42.5 Å². The monoisotopic (exact) mass is 390 g/mol. The fourth-order valence-electron chi connectivity index (χ4n) is 3.36. The Kier molecular flexibility index (Phi) is 6.81. The van der Waals surface area contributed by atoms with Gasteiger partial charge in [-0.25, -0.2) is 8.78 Å². The van der Waals surface area contributed by atoms with Gasteiger partial charge in [-0.3, -0.25) is 9.69 Å². The van der Waals surface area contributed by atoms with Gasteiger partial charge in [0.2, 0.25) is 0 Å². The largest absolute Gasteiger partial charge is 0.497 e. The maximum atomic E-state index is 13.6. The number of rotatable bonds is 8. The normalized spacial score (nSPS) is 15.2. The molecule has 28 heavy (non-hydrogen) atoms. The predicted molar refractivity (Wildman–Crippen MR) is 101 cm³/mol. The molecule has 0 aliphatic carbocycles. The van der Waals surface area contributed by atoms with Crippen molar-refractivity contribution in [2.24, 2.45) is 0 Å². The standard InChI is InChI=1S/C21H24F2N2O3/c1-27-17-6-4-5-15(11-17)19(25-9-2-3-10-25)13-24-21(26)14-28-20-8-7-16(22)12-18(20)23/h4-8,11-12,19H,2-3,9-10,13-14H2,1H3,(H,24,26). The van der Waals surface area contributed by atoms with Gasteiger partial charge in [0.1, 0.15) is 11.6 Å². The minimum absolute atomic E-state index is 0.0177. The Morgan fingerprint density at radius 3 is 2.68 bits per heavy atom. The summed E-state index contributed by atoms with van der Waals surface area (Å²) < 4.78 is 37.0. The lowest BCUT2D eigenvalue weighted by Crippen LogP contribution is -2.38. The molecule has 1 atom stereocenters. The Bertz CT molecular complexity index is 810. The number of benzene rings is 2. The summed E-state index contributed by atoms with van der Waals surface area (Å²) in [5.74, 6) is -1.28. The van der Waals surface area contributed by atoms with E-state index in [0.29, 0.717) is 6.54 Å². The molecule has 7 heteroatoms. The quantitative estimate of drug-likeness (QED) is 0.752. The van der Waals surface area contributed by atoms with Gasteiger partial charge in [0.25, 0.3) is 5.91 Å². The van der Waals surface area contributed by atoms with Crippen molar-refractivity contribution in [1.29, 1.82) is 0 Å². The van der Waals surface area contributed by atoms with Crippen molar-refractivity contribution < 1.29 is 23.0 Å². The average Bonchev–Trinajstić information content (AvgIpc) is 3.22. The maximum Gasteiger partial charge on any atom is 0.258 e. The molecule has 0 aromatic heterocycles. The summed E-state index contributed by atoms with van der Waals surface area (Å²) in [6.07, 6.45) is 2.25. The third-order valence-corrected chi connectivity index (χ3v) is 4.81. The van der Waals surface area contributed by atoms with Gasteiger partial charge in [-0.1, -0.05) is 12.1 Å². The Labute approximate surface area is 163 Å². The first-order valence-electron chi connectivity index (χ1n) is 9.29. The van der Waals surface area contributed by atoms with E-state index < -0.39 is 11.6 Å². The van der Waals surface area contributed by atoms with E-state index in [2.05, 4.69) is 10.2 Å². The van der Waals surface area contributed by atoms with Gasteiger partial charge in [-0.05, 0) is 55.8 Å². The van der Waals surface area contributed by atoms with Crippen molar-refractivity contribution in [2.75, 3.05) is 33.4 Å². The number of carbonyl (C=O) groups excluding carboxylic acids is 1. The van der Waals surface area contributed by atoms with Crippen LogP contribution in [0.25, 0.3) is 0 Å². The molecule has 2 aromatic rings. The van der Waals surface area contributed by atoms with Crippen LogP contribution in [0.2, 0.25) is 0 Å². The van der Waals surface area contributed by atoms with Gasteiger partial charge in [-0.2, -0.15) is 0 Å². The summed E-state index contributed by atoms with van der Waals surface area (Å²) in [5.41, 5.74) is 1.06. The van der Waals surface area contributed by atoms with Crippen LogP contribution >= 0.6 is 0 Å². The Balaban J connectivity index is 1.60. The molecule has 150 valence electrons. The molecule has 1 amide bonds. The molecule has 0 bridgehead atoms. The Morgan fingerprint density at radius 1 is 1.18 bits per heavy atom. The highest BCUT2D eigenvalue weighted by Gasteiger charge is 2.24. The SMILES string of the molecule is COc1cccc(C(CNC(=O)COc2ccc(F)cc2F)N2CCCC2)c1. The number of carbonyl (C=O) groups is 1. The molecule has 5 nitrogen and oxygen atoms in total. The van der Waals surface area contributed by atoms with Gasteiger partial charge in [0, 0.05) is 12.6 Å². The van der Waals surface area contributed by atoms with E-state index in [1.807, 2.05) is 24.3 Å². The molecule has 1 unspecified atom stereocenters. The second-order valence-electron chi connectivity index (χ2n) is 6.70. The number of hydrogen-bond acceptors (Lipinski definition) is 4. The van der Waals surface area contributed by atoms with Crippen LogP contribution in [0.5, 0.6) is 11.5 Å². The van der Waals surface area contributed by atoms with Crippen LogP contribution in [-0.2, 0) is 4.79 Å². The molecule has 3 rings (SSSR count). The zero-order chi connectivity index (χ0) is 19.9. The predicted octanol–water partition coefficient (Wildman–Crippen LogP) is 3.31. The van der Waals surface area contributed by atoms with Crippen LogP contribution in [0.4, 0.5) is 8.78 Å². The molecule has 1 N–H and O–H groups in total. The van der Waals surface area contributed by atoms with Crippen molar-refractivity contribution in [1.82, 2.24) is 10.2 Å². The van der Waals surface area contributed by atoms with Crippen LogP contribution in [0.1, 0.15) is 24.4 Å². The van der Waals surface area contributed by atoms with E-state index in [1.54, 1.807) is 7.11 Å². The molecular formula is C21H24F2N2O3. The fourth-order valence-corrected chi connectivity index (χ4v) is 3.36. The maximum absolute atomic E-state index is 13.6. The van der Waals surface area contributed by atoms with Gasteiger partial charge >= 0.3 is 0 Å². The third-order valence-electron chi connectivity index (χ3n) is 4.81. The summed E-state index contributed by atoms with van der Waals surface area (Å²) in [5, 5.41) is 2.85. The molecule has 0 saturated carbocycles. The Morgan fingerprint density at radius 2 is 1.96 bits per heavy atom. The molecule has 0 radical (unpaired) electrons. The lowest BCUT2D eigenvalue weighted by atomic mass is 10.0. The van der Waals surface area contributed by atoms with Gasteiger partial charge < -0.3 is 14.8 Å². The van der Waals surface area contributed by atoms with E-state index >= 15 is 0 Å². The number of nitrogens with one attached hydrogen (secondary N) is 1. The van der Waals surface area contributed by atoms with E-state index in [-0.39, 0.29) is 24.3 Å². The highest BCUT2D eigenvalue weighted by Crippen LogP contribution is 2.27. The first-order chi connectivity index (χ1) is 13.6. The van der Waals surface area contributed by atoms with E-state index in [4.69, 9.17) is 9.47 Å². The van der Waals surface area contributed by atoms with Crippen LogP contribution in [-0.4, -0.2) is 44.2 Å². The second-order valence-corrected chi connectivity index (χ2v) is 6.70. The number of halogens is 2. The van der Waals surface area contributed by atoms with Crippen molar-refractivity contribution in [3.05, 3.63) is 59.7 Å². The lowest BCUT2D eigenvalue weighted by molar-refractivity contribution is -0.123. The van der Waals surface area contributed by atoms with Crippen LogP contribution in [0.3, 0.4) is 0 Å².